The Labute approximate surface area is 147 Å². The molecule has 2 N–H and O–H groups in total. The Bertz CT molecular complexity index is 757. The standard InChI is InChI=1S/C17H23N3O4S/c1-20-12-14(15(21)19-20)18-16(22)17(10-6-3-7-11-17)25(23,24)13-8-4-2-5-9-13/h2,4-5,8-9,14H,3,6-7,10-12H2,1H3,(H,18,22)(H,19,21). The van der Waals surface area contributed by atoms with E-state index in [1.54, 1.807) is 30.3 Å². The third-order valence-corrected chi connectivity index (χ3v) is 7.54. The molecule has 1 atom stereocenters. The topological polar surface area (TPSA) is 95.6 Å². The Morgan fingerprint density at radius 1 is 1.20 bits per heavy atom. The predicted octanol–water partition coefficient (Wildman–Crippen LogP) is 0.625. The van der Waals surface area contributed by atoms with E-state index >= 15 is 0 Å². The van der Waals surface area contributed by atoms with Crippen molar-refractivity contribution < 1.29 is 18.0 Å². The van der Waals surface area contributed by atoms with Gasteiger partial charge in [0.1, 0.15) is 6.04 Å². The summed E-state index contributed by atoms with van der Waals surface area (Å²) < 4.78 is 25.1. The molecular weight excluding hydrogens is 342 g/mol. The Morgan fingerprint density at radius 2 is 1.84 bits per heavy atom. The summed E-state index contributed by atoms with van der Waals surface area (Å²) in [5, 5.41) is 4.25. The lowest BCUT2D eigenvalue weighted by atomic mass is 9.87. The van der Waals surface area contributed by atoms with E-state index in [9.17, 15) is 18.0 Å². The van der Waals surface area contributed by atoms with E-state index in [0.29, 0.717) is 19.4 Å². The molecule has 1 saturated carbocycles. The molecule has 0 radical (unpaired) electrons. The van der Waals surface area contributed by atoms with E-state index < -0.39 is 26.5 Å². The highest BCUT2D eigenvalue weighted by Gasteiger charge is 2.52. The van der Waals surface area contributed by atoms with Gasteiger partial charge in [-0.2, -0.15) is 0 Å². The molecule has 0 bridgehead atoms. The van der Waals surface area contributed by atoms with Gasteiger partial charge < -0.3 is 5.32 Å². The van der Waals surface area contributed by atoms with Gasteiger partial charge >= 0.3 is 0 Å². The molecule has 1 aromatic carbocycles. The molecule has 2 amide bonds. The van der Waals surface area contributed by atoms with Crippen LogP contribution in [0.2, 0.25) is 0 Å². The van der Waals surface area contributed by atoms with Crippen molar-refractivity contribution in [1.29, 1.82) is 0 Å². The average Bonchev–Trinajstić information content (AvgIpc) is 2.93. The summed E-state index contributed by atoms with van der Waals surface area (Å²) >= 11 is 0. The van der Waals surface area contributed by atoms with Crippen molar-refractivity contribution in [2.24, 2.45) is 0 Å². The van der Waals surface area contributed by atoms with Crippen LogP contribution in [0, 0.1) is 0 Å². The molecule has 2 fully saturated rings. The second-order valence-electron chi connectivity index (χ2n) is 6.75. The van der Waals surface area contributed by atoms with Crippen molar-refractivity contribution in [3.8, 4) is 0 Å². The molecule has 1 aromatic rings. The number of amides is 2. The normalized spacial score (nSPS) is 23.9. The SMILES string of the molecule is CN1CC(NC(=O)C2(S(=O)(=O)c3ccccc3)CCCCC2)C(=O)N1. The van der Waals surface area contributed by atoms with Crippen LogP contribution >= 0.6 is 0 Å². The van der Waals surface area contributed by atoms with Crippen LogP contribution in [0.25, 0.3) is 0 Å². The van der Waals surface area contributed by atoms with Gasteiger partial charge in [0.05, 0.1) is 4.90 Å². The Hall–Kier alpha value is -1.93. The molecule has 8 heteroatoms. The van der Waals surface area contributed by atoms with Crippen LogP contribution in [-0.2, 0) is 19.4 Å². The summed E-state index contributed by atoms with van der Waals surface area (Å²) in [6.07, 6.45) is 2.82. The molecule has 1 heterocycles. The average molecular weight is 365 g/mol. The summed E-state index contributed by atoms with van der Waals surface area (Å²) in [6.45, 7) is 0.312. The lowest BCUT2D eigenvalue weighted by Crippen LogP contribution is -2.57. The molecule has 136 valence electrons. The number of rotatable bonds is 4. The van der Waals surface area contributed by atoms with Crippen LogP contribution in [0.1, 0.15) is 32.1 Å². The van der Waals surface area contributed by atoms with Crippen LogP contribution in [-0.4, -0.2) is 49.6 Å². The van der Waals surface area contributed by atoms with Gasteiger partial charge in [-0.25, -0.2) is 13.4 Å². The minimum Gasteiger partial charge on any atom is -0.342 e. The van der Waals surface area contributed by atoms with Crippen LogP contribution in [0.4, 0.5) is 0 Å². The molecule has 0 spiro atoms. The fraction of sp³-hybridized carbons (Fsp3) is 0.529. The van der Waals surface area contributed by atoms with Crippen molar-refractivity contribution >= 4 is 21.7 Å². The molecule has 2 aliphatic rings. The van der Waals surface area contributed by atoms with E-state index in [0.717, 1.165) is 6.42 Å². The third kappa shape index (κ3) is 3.16. The number of carbonyl (C=O) groups excluding carboxylic acids is 2. The van der Waals surface area contributed by atoms with E-state index in [2.05, 4.69) is 10.7 Å². The number of hydrazine groups is 1. The van der Waals surface area contributed by atoms with Gasteiger partial charge in [0.15, 0.2) is 14.6 Å². The highest BCUT2D eigenvalue weighted by Crippen LogP contribution is 2.39. The predicted molar refractivity (Wildman–Crippen MR) is 92.1 cm³/mol. The number of benzene rings is 1. The molecule has 1 aliphatic carbocycles. The first-order valence-electron chi connectivity index (χ1n) is 8.49. The molecule has 1 aliphatic heterocycles. The van der Waals surface area contributed by atoms with E-state index in [4.69, 9.17) is 0 Å². The van der Waals surface area contributed by atoms with Crippen molar-refractivity contribution in [3.63, 3.8) is 0 Å². The summed E-state index contributed by atoms with van der Waals surface area (Å²) in [5.41, 5.74) is 2.59. The van der Waals surface area contributed by atoms with Crippen LogP contribution in [0.3, 0.4) is 0 Å². The fourth-order valence-electron chi connectivity index (χ4n) is 3.64. The number of likely N-dealkylation sites (N-methyl/N-ethyl adjacent to an activating group) is 1. The Kier molecular flexibility index (Phi) is 4.83. The zero-order valence-electron chi connectivity index (χ0n) is 14.2. The first-order chi connectivity index (χ1) is 11.9. The number of nitrogens with zero attached hydrogens (tertiary/aromatic N) is 1. The zero-order chi connectivity index (χ0) is 18.1. The number of hydrogen-bond donors (Lipinski definition) is 2. The molecular formula is C17H23N3O4S. The molecule has 7 nitrogen and oxygen atoms in total. The van der Waals surface area contributed by atoms with Crippen molar-refractivity contribution in [2.75, 3.05) is 13.6 Å². The van der Waals surface area contributed by atoms with Crippen LogP contribution in [0.5, 0.6) is 0 Å². The second-order valence-corrected chi connectivity index (χ2v) is 9.01. The minimum atomic E-state index is -3.85. The maximum Gasteiger partial charge on any atom is 0.258 e. The lowest BCUT2D eigenvalue weighted by Gasteiger charge is -2.35. The number of carbonyl (C=O) groups is 2. The highest BCUT2D eigenvalue weighted by molar-refractivity contribution is 7.93. The molecule has 25 heavy (non-hydrogen) atoms. The quantitative estimate of drug-likeness (QED) is 0.816. The van der Waals surface area contributed by atoms with Gasteiger partial charge in [0.2, 0.25) is 5.91 Å². The Balaban J connectivity index is 1.94. The summed E-state index contributed by atoms with van der Waals surface area (Å²) in [5.74, 6) is -0.884. The third-order valence-electron chi connectivity index (χ3n) is 5.02. The van der Waals surface area contributed by atoms with Gasteiger partial charge in [0.25, 0.3) is 5.91 Å². The highest BCUT2D eigenvalue weighted by atomic mass is 32.2. The fourth-order valence-corrected chi connectivity index (χ4v) is 5.73. The first kappa shape index (κ1) is 17.9. The summed E-state index contributed by atoms with van der Waals surface area (Å²) in [7, 11) is -2.16. The Morgan fingerprint density at radius 3 is 2.40 bits per heavy atom. The maximum absolute atomic E-state index is 13.3. The van der Waals surface area contributed by atoms with Gasteiger partial charge in [0, 0.05) is 13.6 Å². The van der Waals surface area contributed by atoms with E-state index in [1.165, 1.54) is 12.1 Å². The van der Waals surface area contributed by atoms with Gasteiger partial charge in [-0.3, -0.25) is 15.0 Å². The molecule has 1 unspecified atom stereocenters. The lowest BCUT2D eigenvalue weighted by molar-refractivity contribution is -0.129. The smallest absolute Gasteiger partial charge is 0.258 e. The number of hydrogen-bond acceptors (Lipinski definition) is 5. The van der Waals surface area contributed by atoms with Gasteiger partial charge in [-0.1, -0.05) is 37.5 Å². The van der Waals surface area contributed by atoms with Crippen LogP contribution < -0.4 is 10.7 Å². The van der Waals surface area contributed by atoms with E-state index in [1.807, 2.05) is 0 Å². The summed E-state index contributed by atoms with van der Waals surface area (Å²) in [6, 6.07) is 7.36. The largest absolute Gasteiger partial charge is 0.342 e. The number of sulfone groups is 1. The van der Waals surface area contributed by atoms with Crippen LogP contribution in [0.15, 0.2) is 35.2 Å². The maximum atomic E-state index is 13.3. The minimum absolute atomic E-state index is 0.153. The molecule has 1 saturated heterocycles. The monoisotopic (exact) mass is 365 g/mol. The van der Waals surface area contributed by atoms with Crippen molar-refractivity contribution in [2.45, 2.75) is 47.8 Å². The molecule has 0 aromatic heterocycles. The molecule has 3 rings (SSSR count). The van der Waals surface area contributed by atoms with E-state index in [-0.39, 0.29) is 23.6 Å². The summed E-state index contributed by atoms with van der Waals surface area (Å²) in [4.78, 5) is 25.1. The van der Waals surface area contributed by atoms with Gasteiger partial charge in [-0.05, 0) is 25.0 Å². The number of nitrogens with one attached hydrogen (secondary N) is 2. The van der Waals surface area contributed by atoms with Gasteiger partial charge in [-0.15, -0.1) is 0 Å². The zero-order valence-corrected chi connectivity index (χ0v) is 15.0. The van der Waals surface area contributed by atoms with Crippen molar-refractivity contribution in [1.82, 2.24) is 15.8 Å². The first-order valence-corrected chi connectivity index (χ1v) is 9.97. The second kappa shape index (κ2) is 6.76. The van der Waals surface area contributed by atoms with Crippen molar-refractivity contribution in [3.05, 3.63) is 30.3 Å².